The predicted molar refractivity (Wildman–Crippen MR) is 106 cm³/mol. The van der Waals surface area contributed by atoms with Gasteiger partial charge in [0.2, 0.25) is 5.16 Å². The van der Waals surface area contributed by atoms with E-state index in [1.54, 1.807) is 23.7 Å². The molecular weight excluding hydrogens is 394 g/mol. The number of rotatable bonds is 8. The van der Waals surface area contributed by atoms with Crippen molar-refractivity contribution in [1.82, 2.24) is 25.5 Å². The van der Waals surface area contributed by atoms with Crippen LogP contribution < -0.4 is 5.32 Å². The number of nitrogens with zero attached hydrogens (tertiary/aromatic N) is 4. The monoisotopic (exact) mass is 415 g/mol. The largest absolute Gasteiger partial charge is 0.467 e. The van der Waals surface area contributed by atoms with E-state index >= 15 is 0 Å². The third-order valence-corrected chi connectivity index (χ3v) is 4.96. The molecule has 0 bridgehead atoms. The molecule has 0 aliphatic heterocycles. The number of aromatic nitrogens is 4. The Kier molecular flexibility index (Phi) is 6.65. The van der Waals surface area contributed by atoms with Gasteiger partial charge >= 0.3 is 5.97 Å². The van der Waals surface area contributed by atoms with Gasteiger partial charge in [-0.2, -0.15) is 4.68 Å². The lowest BCUT2D eigenvalue weighted by molar-refractivity contribution is -0.146. The number of tetrazole rings is 1. The molecule has 0 unspecified atom stereocenters. The number of esters is 1. The summed E-state index contributed by atoms with van der Waals surface area (Å²) in [5, 5.41) is 14.8. The van der Waals surface area contributed by atoms with E-state index in [1.807, 2.05) is 32.0 Å². The molecule has 152 valence electrons. The van der Waals surface area contributed by atoms with Crippen LogP contribution in [0.25, 0.3) is 5.69 Å². The standard InChI is InChI=1S/C19H21N5O4S/c1-12-6-7-13(2)15(9-12)24-19(21-22-23-24)29-11-18(26)28-10-17(25)20-14(3)16-5-4-8-27-16/h4-9,14H,10-11H2,1-3H3,(H,20,25)/t14-/m0/s1. The molecule has 1 amide bonds. The lowest BCUT2D eigenvalue weighted by Crippen LogP contribution is -2.31. The Labute approximate surface area is 171 Å². The Morgan fingerprint density at radius 2 is 2.14 bits per heavy atom. The zero-order valence-electron chi connectivity index (χ0n) is 16.3. The van der Waals surface area contributed by atoms with Crippen molar-refractivity contribution < 1.29 is 18.7 Å². The number of amides is 1. The maximum Gasteiger partial charge on any atom is 0.316 e. The highest BCUT2D eigenvalue weighted by molar-refractivity contribution is 7.99. The molecule has 3 rings (SSSR count). The van der Waals surface area contributed by atoms with Crippen LogP contribution in [-0.2, 0) is 14.3 Å². The van der Waals surface area contributed by atoms with Crippen molar-refractivity contribution in [3.8, 4) is 5.69 Å². The zero-order valence-corrected chi connectivity index (χ0v) is 17.1. The number of ether oxygens (including phenoxy) is 1. The molecular formula is C19H21N5O4S. The van der Waals surface area contributed by atoms with Gasteiger partial charge < -0.3 is 14.5 Å². The maximum absolute atomic E-state index is 12.0. The van der Waals surface area contributed by atoms with Crippen LogP contribution >= 0.6 is 11.8 Å². The fraction of sp³-hybridized carbons (Fsp3) is 0.316. The maximum atomic E-state index is 12.0. The number of thioether (sulfide) groups is 1. The normalized spacial score (nSPS) is 11.8. The van der Waals surface area contributed by atoms with Crippen LogP contribution in [-0.4, -0.2) is 44.4 Å². The fourth-order valence-electron chi connectivity index (χ4n) is 2.57. The second-order valence-electron chi connectivity index (χ2n) is 6.42. The van der Waals surface area contributed by atoms with Crippen molar-refractivity contribution in [3.63, 3.8) is 0 Å². The van der Waals surface area contributed by atoms with E-state index in [0.29, 0.717) is 10.9 Å². The summed E-state index contributed by atoms with van der Waals surface area (Å²) in [5.74, 6) is -0.344. The number of hydrogen-bond donors (Lipinski definition) is 1. The van der Waals surface area contributed by atoms with Crippen molar-refractivity contribution in [2.45, 2.75) is 32.0 Å². The molecule has 0 spiro atoms. The summed E-state index contributed by atoms with van der Waals surface area (Å²) >= 11 is 1.14. The SMILES string of the molecule is Cc1ccc(C)c(-n2nnnc2SCC(=O)OCC(=O)N[C@@H](C)c2ccco2)c1. The van der Waals surface area contributed by atoms with Crippen LogP contribution in [0.3, 0.4) is 0 Å². The third kappa shape index (κ3) is 5.44. The average Bonchev–Trinajstić information content (AvgIpc) is 3.38. The minimum atomic E-state index is -0.536. The molecule has 29 heavy (non-hydrogen) atoms. The first-order valence-corrected chi connectivity index (χ1v) is 9.90. The van der Waals surface area contributed by atoms with Crippen molar-refractivity contribution in [1.29, 1.82) is 0 Å². The van der Waals surface area contributed by atoms with Crippen LogP contribution in [0, 0.1) is 13.8 Å². The highest BCUT2D eigenvalue weighted by Crippen LogP contribution is 2.21. The first-order chi connectivity index (χ1) is 13.9. The van der Waals surface area contributed by atoms with Crippen molar-refractivity contribution >= 4 is 23.6 Å². The molecule has 3 aromatic rings. The van der Waals surface area contributed by atoms with E-state index in [1.165, 1.54) is 6.26 Å². The summed E-state index contributed by atoms with van der Waals surface area (Å²) in [5.41, 5.74) is 2.93. The molecule has 2 heterocycles. The van der Waals surface area contributed by atoms with Gasteiger partial charge in [0.15, 0.2) is 6.61 Å². The minimum absolute atomic E-state index is 0.0216. The van der Waals surface area contributed by atoms with Gasteiger partial charge in [0.1, 0.15) is 5.76 Å². The molecule has 0 radical (unpaired) electrons. The molecule has 0 saturated heterocycles. The molecule has 9 nitrogen and oxygen atoms in total. The second-order valence-corrected chi connectivity index (χ2v) is 7.36. The molecule has 0 saturated carbocycles. The van der Waals surface area contributed by atoms with E-state index in [-0.39, 0.29) is 18.4 Å². The van der Waals surface area contributed by atoms with Gasteiger partial charge in [0, 0.05) is 0 Å². The van der Waals surface area contributed by atoms with Gasteiger partial charge in [0.25, 0.3) is 5.91 Å². The first-order valence-electron chi connectivity index (χ1n) is 8.91. The highest BCUT2D eigenvalue weighted by Gasteiger charge is 2.16. The second kappa shape index (κ2) is 9.37. The molecule has 1 atom stereocenters. The zero-order chi connectivity index (χ0) is 20.8. The summed E-state index contributed by atoms with van der Waals surface area (Å²) in [6.45, 7) is 5.35. The number of hydrogen-bond acceptors (Lipinski definition) is 8. The van der Waals surface area contributed by atoms with E-state index in [2.05, 4.69) is 20.8 Å². The van der Waals surface area contributed by atoms with Gasteiger partial charge in [-0.3, -0.25) is 9.59 Å². The van der Waals surface area contributed by atoms with E-state index < -0.39 is 11.9 Å². The first kappa shape index (κ1) is 20.6. The van der Waals surface area contributed by atoms with Crippen molar-refractivity contribution in [3.05, 3.63) is 53.5 Å². The molecule has 0 aliphatic carbocycles. The van der Waals surface area contributed by atoms with Crippen molar-refractivity contribution in [2.24, 2.45) is 0 Å². The van der Waals surface area contributed by atoms with Crippen LogP contribution in [0.15, 0.2) is 46.2 Å². The number of aryl methyl sites for hydroxylation is 2. The Hall–Kier alpha value is -3.14. The number of benzene rings is 1. The number of carbonyl (C=O) groups excluding carboxylic acids is 2. The lowest BCUT2D eigenvalue weighted by atomic mass is 10.1. The Bertz CT molecular complexity index is 986. The summed E-state index contributed by atoms with van der Waals surface area (Å²) in [7, 11) is 0. The van der Waals surface area contributed by atoms with Crippen molar-refractivity contribution in [2.75, 3.05) is 12.4 Å². The Morgan fingerprint density at radius 3 is 2.90 bits per heavy atom. The third-order valence-electron chi connectivity index (χ3n) is 4.06. The molecule has 0 aliphatic rings. The molecule has 2 aromatic heterocycles. The number of nitrogens with one attached hydrogen (secondary N) is 1. The summed E-state index contributed by atoms with van der Waals surface area (Å²) in [4.78, 5) is 23.9. The van der Waals surface area contributed by atoms with E-state index in [0.717, 1.165) is 28.6 Å². The Balaban J connectivity index is 1.50. The smallest absolute Gasteiger partial charge is 0.316 e. The van der Waals surface area contributed by atoms with Crippen LogP contribution in [0.4, 0.5) is 0 Å². The van der Waals surface area contributed by atoms with Crippen LogP contribution in [0.5, 0.6) is 0 Å². The molecule has 1 aromatic carbocycles. The van der Waals surface area contributed by atoms with Gasteiger partial charge in [-0.1, -0.05) is 23.9 Å². The lowest BCUT2D eigenvalue weighted by Gasteiger charge is -2.11. The Morgan fingerprint density at radius 1 is 1.31 bits per heavy atom. The minimum Gasteiger partial charge on any atom is -0.467 e. The fourth-order valence-corrected chi connectivity index (χ4v) is 3.25. The van der Waals surface area contributed by atoms with Gasteiger partial charge in [-0.15, -0.1) is 5.10 Å². The van der Waals surface area contributed by atoms with E-state index in [9.17, 15) is 9.59 Å². The van der Waals surface area contributed by atoms with Gasteiger partial charge in [-0.25, -0.2) is 0 Å². The highest BCUT2D eigenvalue weighted by atomic mass is 32.2. The molecule has 1 N–H and O–H groups in total. The number of carbonyl (C=O) groups is 2. The summed E-state index contributed by atoms with van der Waals surface area (Å²) < 4.78 is 11.8. The quantitative estimate of drug-likeness (QED) is 0.441. The van der Waals surface area contributed by atoms with Gasteiger partial charge in [0.05, 0.1) is 23.7 Å². The predicted octanol–water partition coefficient (Wildman–Crippen LogP) is 2.38. The average molecular weight is 415 g/mol. The summed E-state index contributed by atoms with van der Waals surface area (Å²) in [6.07, 6.45) is 1.53. The van der Waals surface area contributed by atoms with Crippen LogP contribution in [0.1, 0.15) is 29.9 Å². The molecule has 10 heteroatoms. The molecule has 0 fully saturated rings. The summed E-state index contributed by atoms with van der Waals surface area (Å²) in [6, 6.07) is 9.14. The van der Waals surface area contributed by atoms with Crippen LogP contribution in [0.2, 0.25) is 0 Å². The van der Waals surface area contributed by atoms with Gasteiger partial charge in [-0.05, 0) is 60.5 Å². The van der Waals surface area contributed by atoms with E-state index in [4.69, 9.17) is 9.15 Å². The topological polar surface area (TPSA) is 112 Å². The number of furan rings is 1.